The van der Waals surface area contributed by atoms with Crippen molar-refractivity contribution in [2.45, 2.75) is 89.8 Å². The lowest BCUT2D eigenvalue weighted by Gasteiger charge is -2.46. The lowest BCUT2D eigenvalue weighted by Crippen LogP contribution is -2.67. The highest BCUT2D eigenvalue weighted by Gasteiger charge is 2.53. The first-order chi connectivity index (χ1) is 27.8. The summed E-state index contributed by atoms with van der Waals surface area (Å²) in [6.07, 6.45) is 2.86. The first-order valence-electron chi connectivity index (χ1n) is 20.3. The summed E-state index contributed by atoms with van der Waals surface area (Å²) in [4.78, 5) is 13.0. The van der Waals surface area contributed by atoms with Crippen LogP contribution in [0.15, 0.2) is 103 Å². The first kappa shape index (κ1) is 43.3. The van der Waals surface area contributed by atoms with Crippen LogP contribution in [-0.4, -0.2) is 70.7 Å². The summed E-state index contributed by atoms with van der Waals surface area (Å²) in [5.74, 6) is -5.46. The Morgan fingerprint density at radius 3 is 2.07 bits per heavy atom. The predicted molar refractivity (Wildman–Crippen MR) is 222 cm³/mol. The minimum atomic E-state index is -3.39. The molecule has 0 saturated carbocycles. The monoisotopic (exact) mass is 817 g/mol. The molecular weight excluding hydrogens is 763 g/mol. The molecule has 0 unspecified atom stereocenters. The lowest BCUT2D eigenvalue weighted by atomic mass is 9.84. The van der Waals surface area contributed by atoms with Gasteiger partial charge in [-0.2, -0.15) is 0 Å². The number of esters is 1. The third-order valence-corrected chi connectivity index (χ3v) is 16.2. The SMILES string of the molecule is CCOC(=O)COCCCCCOc1cc(F)c([C@@H]2C3=C(C[C@@H](C)N2CC(F)(F)CO[Si](c2ccccc2)(c2ccccc2)C(C)(C)C)c2ccccc2C3)c(F)c1. The van der Waals surface area contributed by atoms with E-state index in [1.807, 2.05) is 113 Å². The van der Waals surface area contributed by atoms with Gasteiger partial charge in [0.05, 0.1) is 32.4 Å². The molecule has 1 aliphatic carbocycles. The standard InChI is InChI=1S/C47H55F4NO5Si/c1-6-55-43(53)30-54-24-16-9-17-25-56-35-28-41(48)44(42(49)29-35)45-40-27-34-18-14-15-23-38(34)39(40)26-33(2)52(45)31-47(50,51)32-57-58(46(3,4)5,36-19-10-7-11-20-36)37-21-12-8-13-22-37/h7-8,10-15,18-23,28-29,33,45H,6,9,16-17,24-27,30-32H2,1-5H3/t33-,45+/m1/s1. The van der Waals surface area contributed by atoms with Crippen LogP contribution in [0.2, 0.25) is 5.04 Å². The summed E-state index contributed by atoms with van der Waals surface area (Å²) in [7, 11) is -3.31. The van der Waals surface area contributed by atoms with Crippen molar-refractivity contribution in [1.29, 1.82) is 0 Å². The van der Waals surface area contributed by atoms with Crippen molar-refractivity contribution >= 4 is 30.2 Å². The summed E-state index contributed by atoms with van der Waals surface area (Å²) >= 11 is 0. The number of rotatable bonds is 18. The fraction of sp³-hybridized carbons (Fsp3) is 0.426. The van der Waals surface area contributed by atoms with E-state index in [9.17, 15) is 4.79 Å². The van der Waals surface area contributed by atoms with Crippen molar-refractivity contribution in [3.63, 3.8) is 0 Å². The maximum absolute atomic E-state index is 16.8. The van der Waals surface area contributed by atoms with Crippen LogP contribution in [0, 0.1) is 11.6 Å². The van der Waals surface area contributed by atoms with Gasteiger partial charge in [-0.1, -0.05) is 106 Å². The molecule has 0 N–H and O–H groups in total. The van der Waals surface area contributed by atoms with Gasteiger partial charge in [0.1, 0.15) is 24.0 Å². The molecule has 6 rings (SSSR count). The van der Waals surface area contributed by atoms with Crippen LogP contribution in [0.5, 0.6) is 5.75 Å². The van der Waals surface area contributed by atoms with Gasteiger partial charge < -0.3 is 18.6 Å². The van der Waals surface area contributed by atoms with E-state index in [-0.39, 0.29) is 24.5 Å². The molecule has 0 spiro atoms. The maximum Gasteiger partial charge on any atom is 0.332 e. The quantitative estimate of drug-likeness (QED) is 0.0432. The highest BCUT2D eigenvalue weighted by molar-refractivity contribution is 6.99. The molecule has 0 fully saturated rings. The Kier molecular flexibility index (Phi) is 14.0. The van der Waals surface area contributed by atoms with Gasteiger partial charge in [-0.25, -0.2) is 22.4 Å². The fourth-order valence-corrected chi connectivity index (χ4v) is 13.2. The van der Waals surface area contributed by atoms with Crippen molar-refractivity contribution in [2.75, 3.05) is 39.6 Å². The highest BCUT2D eigenvalue weighted by atomic mass is 28.4. The van der Waals surface area contributed by atoms with Crippen LogP contribution >= 0.6 is 0 Å². The van der Waals surface area contributed by atoms with Crippen LogP contribution in [0.1, 0.15) is 83.0 Å². The van der Waals surface area contributed by atoms with E-state index < -0.39 is 62.1 Å². The molecular formula is C47H55F4NO5Si. The van der Waals surface area contributed by atoms with Gasteiger partial charge in [0.25, 0.3) is 14.2 Å². The van der Waals surface area contributed by atoms with E-state index in [0.29, 0.717) is 45.3 Å². The first-order valence-corrected chi connectivity index (χ1v) is 22.2. The van der Waals surface area contributed by atoms with E-state index in [0.717, 1.165) is 44.8 Å². The molecule has 0 radical (unpaired) electrons. The Balaban J connectivity index is 1.24. The molecule has 4 aromatic carbocycles. The molecule has 6 nitrogen and oxygen atoms in total. The van der Waals surface area contributed by atoms with Crippen molar-refractivity contribution < 1.29 is 41.0 Å². The smallest absolute Gasteiger partial charge is 0.332 e. The van der Waals surface area contributed by atoms with Gasteiger partial charge >= 0.3 is 5.97 Å². The molecule has 11 heteroatoms. The van der Waals surface area contributed by atoms with Gasteiger partial charge in [0, 0.05) is 30.3 Å². The van der Waals surface area contributed by atoms with E-state index in [1.54, 1.807) is 11.8 Å². The van der Waals surface area contributed by atoms with Gasteiger partial charge in [-0.3, -0.25) is 4.90 Å². The number of alkyl halides is 2. The zero-order valence-corrected chi connectivity index (χ0v) is 35.2. The van der Waals surface area contributed by atoms with E-state index >= 15 is 17.6 Å². The molecule has 1 aliphatic heterocycles. The minimum Gasteiger partial charge on any atom is -0.493 e. The van der Waals surface area contributed by atoms with E-state index in [4.69, 9.17) is 18.6 Å². The van der Waals surface area contributed by atoms with Crippen molar-refractivity contribution in [1.82, 2.24) is 4.90 Å². The molecule has 58 heavy (non-hydrogen) atoms. The summed E-state index contributed by atoms with van der Waals surface area (Å²) in [5, 5.41) is 1.26. The third kappa shape index (κ3) is 9.60. The number of hydrogen-bond acceptors (Lipinski definition) is 6. The Labute approximate surface area is 341 Å². The van der Waals surface area contributed by atoms with E-state index in [2.05, 4.69) is 0 Å². The minimum absolute atomic E-state index is 0.0284. The van der Waals surface area contributed by atoms with Gasteiger partial charge in [-0.15, -0.1) is 0 Å². The molecule has 0 aromatic heterocycles. The topological polar surface area (TPSA) is 57.2 Å². The molecule has 0 saturated heterocycles. The number of nitrogens with zero attached hydrogens (tertiary/aromatic N) is 1. The number of hydrogen-bond donors (Lipinski definition) is 0. The fourth-order valence-electron chi connectivity index (χ4n) is 8.64. The second-order valence-electron chi connectivity index (χ2n) is 16.3. The molecule has 0 amide bonds. The summed E-state index contributed by atoms with van der Waals surface area (Å²) in [6, 6.07) is 27.9. The third-order valence-electron chi connectivity index (χ3n) is 11.2. The molecule has 2 atom stereocenters. The molecule has 1 heterocycles. The van der Waals surface area contributed by atoms with Crippen LogP contribution in [-0.2, 0) is 25.1 Å². The summed E-state index contributed by atoms with van der Waals surface area (Å²) in [5.41, 5.74) is 3.45. The second-order valence-corrected chi connectivity index (χ2v) is 20.6. The number of fused-ring (bicyclic) bond motifs is 2. The van der Waals surface area contributed by atoms with Crippen LogP contribution in [0.4, 0.5) is 17.6 Å². The Bertz CT molecular complexity index is 1980. The second kappa shape index (κ2) is 18.7. The van der Waals surface area contributed by atoms with Crippen molar-refractivity contribution in [3.8, 4) is 5.75 Å². The molecule has 4 aromatic rings. The lowest BCUT2D eigenvalue weighted by molar-refractivity contribution is -0.148. The van der Waals surface area contributed by atoms with Gasteiger partial charge in [-0.05, 0) is 83.6 Å². The highest BCUT2D eigenvalue weighted by Crippen LogP contribution is 2.50. The molecule has 0 bridgehead atoms. The number of carbonyl (C=O) groups excluding carboxylic acids is 1. The number of halogens is 4. The number of benzene rings is 4. The van der Waals surface area contributed by atoms with Crippen molar-refractivity contribution in [2.24, 2.45) is 0 Å². The van der Waals surface area contributed by atoms with Gasteiger partial charge in [0.15, 0.2) is 0 Å². The summed E-state index contributed by atoms with van der Waals surface area (Å²) < 4.78 is 89.2. The van der Waals surface area contributed by atoms with Crippen molar-refractivity contribution in [3.05, 3.63) is 131 Å². The zero-order valence-electron chi connectivity index (χ0n) is 34.2. The number of ether oxygens (including phenoxy) is 3. The zero-order chi connectivity index (χ0) is 41.5. The Morgan fingerprint density at radius 1 is 0.845 bits per heavy atom. The van der Waals surface area contributed by atoms with Crippen LogP contribution in [0.3, 0.4) is 0 Å². The van der Waals surface area contributed by atoms with Crippen LogP contribution < -0.4 is 15.1 Å². The summed E-state index contributed by atoms with van der Waals surface area (Å²) in [6.45, 7) is 8.85. The molecule has 310 valence electrons. The predicted octanol–water partition coefficient (Wildman–Crippen LogP) is 9.45. The Hall–Kier alpha value is -4.29. The van der Waals surface area contributed by atoms with Gasteiger partial charge in [0.2, 0.25) is 0 Å². The van der Waals surface area contributed by atoms with E-state index in [1.165, 1.54) is 0 Å². The largest absolute Gasteiger partial charge is 0.493 e. The average molecular weight is 818 g/mol. The maximum atomic E-state index is 16.8. The van der Waals surface area contributed by atoms with Crippen LogP contribution in [0.25, 0.3) is 5.57 Å². The number of unbranched alkanes of at least 4 members (excludes halogenated alkanes) is 2. The number of carbonyl (C=O) groups is 1. The normalized spacial score (nSPS) is 17.3. The average Bonchev–Trinajstić information content (AvgIpc) is 3.55. The molecule has 2 aliphatic rings. The Morgan fingerprint density at radius 2 is 1.45 bits per heavy atom.